The van der Waals surface area contributed by atoms with Crippen molar-refractivity contribution in [2.24, 2.45) is 16.5 Å². The number of carbonyl (C=O) groups is 6. The van der Waals surface area contributed by atoms with Gasteiger partial charge in [0.2, 0.25) is 17.7 Å². The second-order valence-electron chi connectivity index (χ2n) is 9.65. The van der Waals surface area contributed by atoms with E-state index in [1.54, 1.807) is 6.07 Å². The van der Waals surface area contributed by atoms with Crippen LogP contribution in [-0.4, -0.2) is 72.4 Å². The van der Waals surface area contributed by atoms with E-state index in [2.05, 4.69) is 43.7 Å². The molecule has 6 amide bonds. The molecule has 16 nitrogen and oxygen atoms in total. The number of hydrogen-bond donors (Lipinski definition) is 9. The Morgan fingerprint density at radius 1 is 0.864 bits per heavy atom. The molecule has 1 unspecified atom stereocenters. The molecule has 1 aromatic rings. The predicted molar refractivity (Wildman–Crippen MR) is 163 cm³/mol. The van der Waals surface area contributed by atoms with Crippen molar-refractivity contribution in [1.82, 2.24) is 32.1 Å². The number of carboxylic acids is 1. The largest absolute Gasteiger partial charge is 0.481 e. The van der Waals surface area contributed by atoms with Gasteiger partial charge in [0, 0.05) is 31.6 Å². The van der Waals surface area contributed by atoms with E-state index in [0.29, 0.717) is 31.6 Å². The molecule has 0 spiro atoms. The molecular formula is C28H43N9O7. The van der Waals surface area contributed by atoms with Gasteiger partial charge in [-0.1, -0.05) is 31.9 Å². The fourth-order valence-electron chi connectivity index (χ4n) is 3.76. The summed E-state index contributed by atoms with van der Waals surface area (Å²) in [6.07, 6.45) is 6.29. The standard InChI is InChI=1S/C28H43N9O7/c1-2-22(38)31-14-9-5-6-13-23(39)32-15-7-3-4-8-16-33-26(43)21(18-24(40)41)35-28(44)37-36-25(42)19-11-10-12-20(17-19)34-27(29)30/h2,10-12,17,21H,1,3-9,13-16,18H2,(H,31,38)(H,32,39)(H,33,43)(H,36,42)(H,40,41)(H4,29,30,34)(H2,35,37,44). The Morgan fingerprint density at radius 2 is 1.50 bits per heavy atom. The quantitative estimate of drug-likeness (QED) is 0.0314. The van der Waals surface area contributed by atoms with Gasteiger partial charge in [0.1, 0.15) is 6.04 Å². The minimum atomic E-state index is -1.38. The molecule has 0 heterocycles. The highest BCUT2D eigenvalue weighted by molar-refractivity contribution is 5.97. The van der Waals surface area contributed by atoms with Gasteiger partial charge in [-0.05, 0) is 50.0 Å². The Kier molecular flexibility index (Phi) is 18.1. The summed E-state index contributed by atoms with van der Waals surface area (Å²) < 4.78 is 0. The lowest BCUT2D eigenvalue weighted by atomic mass is 10.1. The Hall–Kier alpha value is -5.15. The fourth-order valence-corrected chi connectivity index (χ4v) is 3.76. The summed E-state index contributed by atoms with van der Waals surface area (Å²) in [7, 11) is 0. The summed E-state index contributed by atoms with van der Waals surface area (Å²) in [6, 6.07) is 3.57. The molecule has 0 aliphatic heterocycles. The number of nitrogens with one attached hydrogen (secondary N) is 6. The number of amides is 6. The second kappa shape index (κ2) is 21.5. The van der Waals surface area contributed by atoms with Crippen LogP contribution in [-0.2, 0) is 19.2 Å². The van der Waals surface area contributed by atoms with Crippen LogP contribution < -0.4 is 43.6 Å². The Balaban J connectivity index is 2.26. The first-order valence-electron chi connectivity index (χ1n) is 14.2. The monoisotopic (exact) mass is 617 g/mol. The molecule has 0 bridgehead atoms. The lowest BCUT2D eigenvalue weighted by molar-refractivity contribution is -0.139. The van der Waals surface area contributed by atoms with Crippen LogP contribution in [0.2, 0.25) is 0 Å². The molecule has 0 aliphatic carbocycles. The van der Waals surface area contributed by atoms with Crippen molar-refractivity contribution in [2.75, 3.05) is 19.6 Å². The molecule has 0 aliphatic rings. The zero-order valence-electron chi connectivity index (χ0n) is 24.7. The zero-order valence-corrected chi connectivity index (χ0v) is 24.7. The predicted octanol–water partition coefficient (Wildman–Crippen LogP) is 0.0342. The molecule has 44 heavy (non-hydrogen) atoms. The van der Waals surface area contributed by atoms with Gasteiger partial charge >= 0.3 is 12.0 Å². The minimum Gasteiger partial charge on any atom is -0.481 e. The smallest absolute Gasteiger partial charge is 0.334 e. The molecule has 1 rings (SSSR count). The molecule has 0 fully saturated rings. The Bertz CT molecular complexity index is 1170. The average molecular weight is 618 g/mol. The molecular weight excluding hydrogens is 574 g/mol. The number of aliphatic imine (C=N–C) groups is 1. The second-order valence-corrected chi connectivity index (χ2v) is 9.65. The third kappa shape index (κ3) is 17.6. The van der Waals surface area contributed by atoms with Crippen molar-refractivity contribution in [3.63, 3.8) is 0 Å². The van der Waals surface area contributed by atoms with E-state index in [9.17, 15) is 28.8 Å². The number of nitrogens with zero attached hydrogens (tertiary/aromatic N) is 1. The van der Waals surface area contributed by atoms with Gasteiger partial charge in [-0.2, -0.15) is 0 Å². The van der Waals surface area contributed by atoms with E-state index < -0.39 is 36.3 Å². The summed E-state index contributed by atoms with van der Waals surface area (Å²) >= 11 is 0. The molecule has 11 N–H and O–H groups in total. The Labute approximate surface area is 255 Å². The van der Waals surface area contributed by atoms with Gasteiger partial charge in [0.05, 0.1) is 12.1 Å². The van der Waals surface area contributed by atoms with E-state index in [-0.39, 0.29) is 29.9 Å². The molecule has 0 saturated heterocycles. The normalized spacial score (nSPS) is 10.8. The summed E-state index contributed by atoms with van der Waals surface area (Å²) in [5.74, 6) is -3.12. The fraction of sp³-hybridized carbons (Fsp3) is 0.464. The molecule has 1 aromatic carbocycles. The maximum Gasteiger partial charge on any atom is 0.334 e. The van der Waals surface area contributed by atoms with Gasteiger partial charge in [-0.3, -0.25) is 29.4 Å². The Morgan fingerprint density at radius 3 is 2.14 bits per heavy atom. The first kappa shape index (κ1) is 36.9. The van der Waals surface area contributed by atoms with Crippen molar-refractivity contribution in [3.05, 3.63) is 42.5 Å². The van der Waals surface area contributed by atoms with Gasteiger partial charge in [0.25, 0.3) is 5.91 Å². The summed E-state index contributed by atoms with van der Waals surface area (Å²) in [5.41, 5.74) is 15.3. The van der Waals surface area contributed by atoms with Crippen LogP contribution in [0.15, 0.2) is 41.9 Å². The van der Waals surface area contributed by atoms with Crippen molar-refractivity contribution >= 4 is 47.3 Å². The number of benzene rings is 1. The third-order valence-electron chi connectivity index (χ3n) is 5.95. The number of urea groups is 1. The summed E-state index contributed by atoms with van der Waals surface area (Å²) in [6.45, 7) is 4.74. The zero-order chi connectivity index (χ0) is 32.7. The third-order valence-corrected chi connectivity index (χ3v) is 5.95. The van der Waals surface area contributed by atoms with Crippen molar-refractivity contribution < 1.29 is 33.9 Å². The molecule has 0 aromatic heterocycles. The van der Waals surface area contributed by atoms with Crippen LogP contribution in [0.1, 0.15) is 68.1 Å². The van der Waals surface area contributed by atoms with Gasteiger partial charge in [-0.25, -0.2) is 15.2 Å². The number of carboxylic acid groups (broad SMARTS) is 1. The van der Waals surface area contributed by atoms with Crippen molar-refractivity contribution in [3.8, 4) is 0 Å². The number of guanidine groups is 1. The first-order valence-corrected chi connectivity index (χ1v) is 14.2. The lowest BCUT2D eigenvalue weighted by Gasteiger charge is -2.17. The van der Waals surface area contributed by atoms with Crippen molar-refractivity contribution in [1.29, 1.82) is 0 Å². The first-order chi connectivity index (χ1) is 21.0. The number of nitrogens with two attached hydrogens (primary N) is 2. The molecule has 0 saturated carbocycles. The highest BCUT2D eigenvalue weighted by atomic mass is 16.4. The van der Waals surface area contributed by atoms with E-state index in [4.69, 9.17) is 16.6 Å². The SMILES string of the molecule is C=CC(=O)NCCCCCC(=O)NCCCCCCNC(=O)C(CC(=O)O)NC(=O)NNC(=O)c1cccc(N=C(N)N)c1. The number of aliphatic carboxylic acids is 1. The minimum absolute atomic E-state index is 0.0231. The summed E-state index contributed by atoms with van der Waals surface area (Å²) in [5, 5.41) is 19.5. The molecule has 16 heteroatoms. The van der Waals surface area contributed by atoms with Crippen LogP contribution >= 0.6 is 0 Å². The maximum atomic E-state index is 12.5. The van der Waals surface area contributed by atoms with Crippen LogP contribution in [0, 0.1) is 0 Å². The van der Waals surface area contributed by atoms with Crippen LogP contribution in [0.3, 0.4) is 0 Å². The van der Waals surface area contributed by atoms with Crippen molar-refractivity contribution in [2.45, 2.75) is 63.8 Å². The number of rotatable bonds is 20. The van der Waals surface area contributed by atoms with E-state index in [0.717, 1.165) is 38.5 Å². The van der Waals surface area contributed by atoms with Gasteiger partial charge in [0.15, 0.2) is 5.96 Å². The van der Waals surface area contributed by atoms with Gasteiger partial charge in [-0.15, -0.1) is 0 Å². The lowest BCUT2D eigenvalue weighted by Crippen LogP contribution is -2.54. The maximum absolute atomic E-state index is 12.5. The number of unbranched alkanes of at least 4 members (excludes halogenated alkanes) is 5. The van der Waals surface area contributed by atoms with E-state index >= 15 is 0 Å². The highest BCUT2D eigenvalue weighted by Gasteiger charge is 2.23. The molecule has 0 radical (unpaired) electrons. The van der Waals surface area contributed by atoms with Crippen LogP contribution in [0.5, 0.6) is 0 Å². The molecule has 1 atom stereocenters. The van der Waals surface area contributed by atoms with E-state index in [1.165, 1.54) is 24.3 Å². The average Bonchev–Trinajstić information content (AvgIpc) is 2.97. The topological polar surface area (TPSA) is 259 Å². The molecule has 242 valence electrons. The number of hydrogen-bond acceptors (Lipinski definition) is 7. The van der Waals surface area contributed by atoms with Crippen LogP contribution in [0.4, 0.5) is 10.5 Å². The van der Waals surface area contributed by atoms with E-state index in [1.807, 2.05) is 0 Å². The van der Waals surface area contributed by atoms with Gasteiger partial charge < -0.3 is 37.8 Å². The summed E-state index contributed by atoms with van der Waals surface area (Å²) in [4.78, 5) is 75.0. The highest BCUT2D eigenvalue weighted by Crippen LogP contribution is 2.13. The number of hydrazine groups is 1. The van der Waals surface area contributed by atoms with Crippen LogP contribution in [0.25, 0.3) is 0 Å². The number of carbonyl (C=O) groups excluding carboxylic acids is 5.